The Kier molecular flexibility index (Phi) is 57.4. The van der Waals surface area contributed by atoms with Crippen molar-refractivity contribution in [2.75, 3.05) is 26.0 Å². The number of carbonyl (C=O) groups is 7. The molecule has 3 aromatic carbocycles. The maximum absolute atomic E-state index is 12.2. The van der Waals surface area contributed by atoms with Gasteiger partial charge in [0.05, 0.1) is 37.9 Å². The Balaban J connectivity index is -0.000000595. The monoisotopic (exact) mass is 1390 g/mol. The predicted octanol–water partition coefficient (Wildman–Crippen LogP) is 4.84. The number of carbonyl (C=O) groups excluding carboxylic acids is 7. The topological polar surface area (TPSA) is 193 Å². The Morgan fingerprint density at radius 2 is 0.579 bits per heavy atom. The van der Waals surface area contributed by atoms with E-state index in [1.54, 1.807) is 102 Å². The number of esters is 3. The number of rotatable bonds is 29. The minimum atomic E-state index is -1.95. The Morgan fingerprint density at radius 3 is 0.811 bits per heavy atom. The van der Waals surface area contributed by atoms with Gasteiger partial charge < -0.3 is 51.0 Å². The summed E-state index contributed by atoms with van der Waals surface area (Å²) < 4.78 is 15.0. The van der Waals surface area contributed by atoms with E-state index >= 15 is 0 Å². The number of allylic oxidation sites excluding steroid dienone is 31. The van der Waals surface area contributed by atoms with Gasteiger partial charge in [-0.25, -0.2) is 14.4 Å². The molecule has 0 aliphatic rings. The molecule has 0 N–H and O–H groups in total. The second-order valence-electron chi connectivity index (χ2n) is 20.3. The normalized spacial score (nSPS) is 13.2. The largest absolute Gasteiger partial charge is 1.00 e. The van der Waals surface area contributed by atoms with E-state index in [2.05, 4.69) is 78.9 Å². The number of aldehydes is 2. The molecule has 16 heteroatoms. The molecule has 0 spiro atoms. The maximum Gasteiger partial charge on any atom is 1.00 e. The van der Waals surface area contributed by atoms with Gasteiger partial charge in [-0.2, -0.15) is 0 Å². The fourth-order valence-electron chi connectivity index (χ4n) is 7.10. The van der Waals surface area contributed by atoms with Gasteiger partial charge in [0.1, 0.15) is 35.7 Å². The summed E-state index contributed by atoms with van der Waals surface area (Å²) in [6.45, 7) is 26.0. The van der Waals surface area contributed by atoms with Crippen molar-refractivity contribution in [2.24, 2.45) is 0 Å². The molecule has 3 rings (SSSR count). The zero-order valence-corrected chi connectivity index (χ0v) is 64.8. The molecular weight excluding hydrogens is 1300 g/mol. The summed E-state index contributed by atoms with van der Waals surface area (Å²) in [5.74, 6) is -3.20. The summed E-state index contributed by atoms with van der Waals surface area (Å²) in [5.41, 5.74) is 7.48. The first kappa shape index (κ1) is 94.0. The molecule has 0 amide bonds. The van der Waals surface area contributed by atoms with Gasteiger partial charge in [0.2, 0.25) is 0 Å². The van der Waals surface area contributed by atoms with Crippen LogP contribution in [0.4, 0.5) is 0 Å². The van der Waals surface area contributed by atoms with Crippen LogP contribution in [0.15, 0.2) is 304 Å². The van der Waals surface area contributed by atoms with Crippen LogP contribution in [-0.2, 0) is 47.8 Å². The third-order valence-corrected chi connectivity index (χ3v) is 16.6. The van der Waals surface area contributed by atoms with E-state index in [4.69, 9.17) is 14.2 Å². The van der Waals surface area contributed by atoms with Gasteiger partial charge in [-0.05, 0) is 162 Å². The zero-order valence-electron chi connectivity index (χ0n) is 58.3. The van der Waals surface area contributed by atoms with Gasteiger partial charge >= 0.3 is 77.0 Å². The molecule has 0 aromatic heterocycles. The van der Waals surface area contributed by atoms with Crippen molar-refractivity contribution >= 4 is 65.6 Å². The molecule has 0 aliphatic heterocycles. The van der Waals surface area contributed by atoms with E-state index in [1.807, 2.05) is 133 Å². The van der Waals surface area contributed by atoms with E-state index in [9.17, 15) is 43.8 Å². The summed E-state index contributed by atoms with van der Waals surface area (Å²) >= 11 is 0. The van der Waals surface area contributed by atoms with Gasteiger partial charge in [0.25, 0.3) is 0 Å². The molecule has 0 fully saturated rings. The van der Waals surface area contributed by atoms with E-state index < -0.39 is 19.2 Å². The third kappa shape index (κ3) is 44.0. The Hall–Kier alpha value is -7.42. The van der Waals surface area contributed by atoms with Gasteiger partial charge in [-0.1, -0.05) is 223 Å². The van der Waals surface area contributed by atoms with Crippen LogP contribution in [0.2, 0.25) is 0 Å². The number of hydrogen-bond donors (Lipinski definition) is 0. The van der Waals surface area contributed by atoms with E-state index in [0.717, 1.165) is 41.0 Å². The van der Waals surface area contributed by atoms with Gasteiger partial charge in [0.15, 0.2) is 0 Å². The van der Waals surface area contributed by atoms with Crippen molar-refractivity contribution in [1.29, 1.82) is 0 Å². The quantitative estimate of drug-likeness (QED) is 0.0175. The van der Waals surface area contributed by atoms with Crippen molar-refractivity contribution in [3.05, 3.63) is 304 Å². The van der Waals surface area contributed by atoms with Crippen LogP contribution < -0.4 is 102 Å². The fraction of sp³-hybridized carbons (Fsp3) is 0.228. The maximum atomic E-state index is 12.2. The number of aliphatic carboxylic acids is 2. The zero-order chi connectivity index (χ0) is 69.1. The van der Waals surface area contributed by atoms with Crippen LogP contribution in [0.5, 0.6) is 0 Å². The predicted molar refractivity (Wildman–Crippen MR) is 377 cm³/mol. The van der Waals surface area contributed by atoms with E-state index in [0.29, 0.717) is 47.7 Å². The second-order valence-corrected chi connectivity index (χ2v) is 23.8. The number of hydrogen-bond acceptors (Lipinski definition) is 12. The van der Waals surface area contributed by atoms with Crippen molar-refractivity contribution in [1.82, 2.24) is 0 Å². The SMILES string of the molecule is CC(/C=C/C=C(\C)C(=O)[O-])=C\C=C\C=C(C)\C=C\C=C(/C)C(=O)[O-].CCOC(=O)/C(C)=C/C=C/C(C)=C/C=C/C=C(C)/C=C/C=C(\C)C(=O)OCC.CCOC(=O)/C(C)=C/C[P+](c1ccccc1)(c1ccccc1)c1ccccc1.C\C(C=O)=C/C=C/C=C(\C)C=O.[Br-].[Na+].[Na+]. The summed E-state index contributed by atoms with van der Waals surface area (Å²) in [5, 5.41) is 24.9. The van der Waals surface area contributed by atoms with Crippen LogP contribution in [-0.4, -0.2) is 68.4 Å². The first-order chi connectivity index (χ1) is 43.9. The van der Waals surface area contributed by atoms with Crippen LogP contribution >= 0.6 is 7.26 Å². The molecule has 95 heavy (non-hydrogen) atoms. The second kappa shape index (κ2) is 58.0. The molecule has 0 saturated carbocycles. The average Bonchev–Trinajstić information content (AvgIpc) is 0.762. The summed E-state index contributed by atoms with van der Waals surface area (Å²) in [7, 11) is -1.95. The number of carboxylic acids is 2. The third-order valence-electron chi connectivity index (χ3n) is 12.4. The van der Waals surface area contributed by atoms with Crippen molar-refractivity contribution < 1.29 is 134 Å². The summed E-state index contributed by atoms with van der Waals surface area (Å²) in [4.78, 5) is 76.4. The standard InChI is InChI=1S/C25H26O2P.C24H32O4.C20H24O4.C10H12O2.BrH.2Na/c1-3-27-25(26)21(2)19-20-28(22-13-7-4-8-14-22,23-15-9-5-10-16-23)24-17-11-6-12-18-24;1-7-27-23(25)21(5)17-11-15-19(3)13-9-10-14-20(4)16-12-18-22(6)24(26)28-8-2;1-15(11-7-13-17(3)19(21)22)9-5-6-10-16(2)12-8-14-18(4)20(23)24;1-9(7-11)5-3-4-6-10(2)8-12;;;/h4-19H,3,20H2,1-2H3;9-18H,7-8H2,1-6H3;5-14H,1-4H3,(H,21,22)(H,23,24);3-8H,1-2H3;1H;;/q+1;;;;;2*+1/p-3/b21-19+;10-9+,15-11+,16-12+,19-13+,20-14+,21-17+,22-18+;6-5+,11-7+,12-8+,15-9+,16-10+,17-13+,18-14+;4-3+,9-5+,10-6+;;;. The van der Waals surface area contributed by atoms with Gasteiger partial charge in [0, 0.05) is 16.7 Å². The number of ether oxygens (including phenoxy) is 3. The molecule has 12 nitrogen and oxygen atoms in total. The Labute approximate surface area is 621 Å². The van der Waals surface area contributed by atoms with E-state index in [-0.39, 0.29) is 105 Å². The van der Waals surface area contributed by atoms with E-state index in [1.165, 1.54) is 41.9 Å². The van der Waals surface area contributed by atoms with Gasteiger partial charge in [-0.3, -0.25) is 9.59 Å². The molecule has 0 saturated heterocycles. The van der Waals surface area contributed by atoms with Crippen LogP contribution in [0.1, 0.15) is 96.9 Å². The smallest absolute Gasteiger partial charge is 1.00 e. The van der Waals surface area contributed by atoms with Crippen molar-refractivity contribution in [3.8, 4) is 0 Å². The molecule has 0 bridgehead atoms. The van der Waals surface area contributed by atoms with Gasteiger partial charge in [-0.15, -0.1) is 0 Å². The molecule has 0 atom stereocenters. The molecular formula is C79H92BrNa2O12P. The fourth-order valence-corrected chi connectivity index (χ4v) is 11.2. The summed E-state index contributed by atoms with van der Waals surface area (Å²) in [6.07, 6.45) is 47.3. The Bertz CT molecular complexity index is 3210. The molecule has 0 aliphatic carbocycles. The van der Waals surface area contributed by atoms with Crippen LogP contribution in [0, 0.1) is 0 Å². The molecule has 0 heterocycles. The molecule has 0 radical (unpaired) electrons. The first-order valence-corrected chi connectivity index (χ1v) is 31.9. The molecule has 0 unspecified atom stereocenters. The van der Waals surface area contributed by atoms with Crippen molar-refractivity contribution in [2.45, 2.75) is 96.9 Å². The number of carboxylic acid groups (broad SMARTS) is 2. The number of benzene rings is 3. The Morgan fingerprint density at radius 1 is 0.347 bits per heavy atom. The molecule has 3 aromatic rings. The summed E-state index contributed by atoms with van der Waals surface area (Å²) in [6, 6.07) is 32.0. The first-order valence-electron chi connectivity index (χ1n) is 30.0. The minimum Gasteiger partial charge on any atom is -1.00 e. The van der Waals surface area contributed by atoms with Crippen LogP contribution in [0.3, 0.4) is 0 Å². The van der Waals surface area contributed by atoms with Crippen LogP contribution in [0.25, 0.3) is 0 Å². The minimum absolute atomic E-state index is 0. The number of halogens is 1. The average molecular weight is 1390 g/mol. The molecule has 494 valence electrons. The van der Waals surface area contributed by atoms with Crippen molar-refractivity contribution in [3.63, 3.8) is 0 Å².